The van der Waals surface area contributed by atoms with Crippen LogP contribution < -0.4 is 5.32 Å². The molecule has 0 bridgehead atoms. The molecule has 0 saturated heterocycles. The van der Waals surface area contributed by atoms with Gasteiger partial charge in [-0.3, -0.25) is 0 Å². The molecule has 0 aliphatic rings. The molecule has 0 amide bonds. The maximum absolute atomic E-state index is 12.2. The van der Waals surface area contributed by atoms with Gasteiger partial charge in [-0.05, 0) is 24.2 Å². The molecule has 1 nitrogen and oxygen atoms in total. The summed E-state index contributed by atoms with van der Waals surface area (Å²) in [4.78, 5) is 0. The highest BCUT2D eigenvalue weighted by molar-refractivity contribution is 5.50. The molecule has 0 heterocycles. The molecule has 0 unspecified atom stereocenters. The molecule has 0 atom stereocenters. The molecule has 1 N–H and O–H groups in total. The summed E-state index contributed by atoms with van der Waals surface area (Å²) >= 11 is 0. The highest BCUT2D eigenvalue weighted by Crippen LogP contribution is 2.29. The lowest BCUT2D eigenvalue weighted by atomic mass is 10.1. The van der Waals surface area contributed by atoms with Gasteiger partial charge in [0, 0.05) is 6.54 Å². The molecule has 1 aromatic carbocycles. The number of rotatable bonds is 4. The fourth-order valence-corrected chi connectivity index (χ4v) is 1.21. The number of hydrogen-bond acceptors (Lipinski definition) is 1. The van der Waals surface area contributed by atoms with Crippen LogP contribution in [0.4, 0.5) is 13.2 Å². The van der Waals surface area contributed by atoms with Crippen LogP contribution in [-0.2, 0) is 6.18 Å². The fourth-order valence-electron chi connectivity index (χ4n) is 1.21. The first-order valence-corrected chi connectivity index (χ1v) is 5.08. The van der Waals surface area contributed by atoms with Gasteiger partial charge < -0.3 is 5.32 Å². The van der Waals surface area contributed by atoms with Crippen molar-refractivity contribution >= 4 is 6.08 Å². The molecule has 0 saturated carbocycles. The third kappa shape index (κ3) is 4.06. The second-order valence-corrected chi connectivity index (χ2v) is 3.33. The van der Waals surface area contributed by atoms with Gasteiger partial charge in [-0.15, -0.1) is 0 Å². The van der Waals surface area contributed by atoms with Gasteiger partial charge in [-0.1, -0.05) is 31.2 Å². The van der Waals surface area contributed by atoms with E-state index in [9.17, 15) is 13.2 Å². The summed E-state index contributed by atoms with van der Waals surface area (Å²) in [5.41, 5.74) is 0.155. The van der Waals surface area contributed by atoms with Crippen LogP contribution in [0.5, 0.6) is 0 Å². The van der Waals surface area contributed by atoms with Crippen molar-refractivity contribution in [2.45, 2.75) is 13.1 Å². The first-order valence-electron chi connectivity index (χ1n) is 5.08. The average molecular weight is 229 g/mol. The standard InChI is InChI=1S/C12H14F3N/c1-2-16-9-3-4-10-5-7-11(8-6-10)12(13,14)15/h3-8,16H,2,9H2,1H3. The molecule has 0 radical (unpaired) electrons. The van der Waals surface area contributed by atoms with Gasteiger partial charge in [0.2, 0.25) is 0 Å². The Morgan fingerprint density at radius 3 is 2.31 bits per heavy atom. The Morgan fingerprint density at radius 1 is 1.19 bits per heavy atom. The van der Waals surface area contributed by atoms with E-state index < -0.39 is 11.7 Å². The zero-order chi connectivity index (χ0) is 12.0. The lowest BCUT2D eigenvalue weighted by Gasteiger charge is -2.05. The molecule has 4 heteroatoms. The minimum absolute atomic E-state index is 0.615. The Labute approximate surface area is 93.0 Å². The third-order valence-corrected chi connectivity index (χ3v) is 2.06. The Hall–Kier alpha value is -1.29. The molecule has 0 spiro atoms. The number of alkyl halides is 3. The molecule has 88 valence electrons. The van der Waals surface area contributed by atoms with Crippen molar-refractivity contribution in [3.8, 4) is 0 Å². The number of nitrogens with one attached hydrogen (secondary N) is 1. The van der Waals surface area contributed by atoms with Crippen LogP contribution in [0, 0.1) is 0 Å². The highest BCUT2D eigenvalue weighted by Gasteiger charge is 2.29. The summed E-state index contributed by atoms with van der Waals surface area (Å²) in [5, 5.41) is 3.09. The van der Waals surface area contributed by atoms with Crippen molar-refractivity contribution in [2.24, 2.45) is 0 Å². The van der Waals surface area contributed by atoms with Gasteiger partial charge in [0.1, 0.15) is 0 Å². The van der Waals surface area contributed by atoms with Crippen molar-refractivity contribution in [2.75, 3.05) is 13.1 Å². The Morgan fingerprint density at radius 2 is 1.81 bits per heavy atom. The van der Waals surface area contributed by atoms with Gasteiger partial charge in [-0.25, -0.2) is 0 Å². The highest BCUT2D eigenvalue weighted by atomic mass is 19.4. The summed E-state index contributed by atoms with van der Waals surface area (Å²) in [6.45, 7) is 3.58. The fraction of sp³-hybridized carbons (Fsp3) is 0.333. The van der Waals surface area contributed by atoms with Crippen LogP contribution in [-0.4, -0.2) is 13.1 Å². The van der Waals surface area contributed by atoms with Crippen LogP contribution >= 0.6 is 0 Å². The SMILES string of the molecule is CCNCC=Cc1ccc(C(F)(F)F)cc1. The topological polar surface area (TPSA) is 12.0 Å². The molecule has 1 rings (SSSR count). The summed E-state index contributed by atoms with van der Waals surface area (Å²) in [6, 6.07) is 5.11. The number of benzene rings is 1. The molecule has 16 heavy (non-hydrogen) atoms. The largest absolute Gasteiger partial charge is 0.416 e. The van der Waals surface area contributed by atoms with E-state index in [0.717, 1.165) is 30.8 Å². The van der Waals surface area contributed by atoms with Crippen LogP contribution in [0.2, 0.25) is 0 Å². The summed E-state index contributed by atoms with van der Waals surface area (Å²) in [5.74, 6) is 0. The van der Waals surface area contributed by atoms with Gasteiger partial charge in [-0.2, -0.15) is 13.2 Å². The van der Waals surface area contributed by atoms with E-state index in [1.807, 2.05) is 13.0 Å². The predicted octanol–water partition coefficient (Wildman–Crippen LogP) is 3.33. The van der Waals surface area contributed by atoms with Gasteiger partial charge in [0.15, 0.2) is 0 Å². The van der Waals surface area contributed by atoms with Gasteiger partial charge in [0.05, 0.1) is 5.56 Å². The zero-order valence-corrected chi connectivity index (χ0v) is 9.01. The lowest BCUT2D eigenvalue weighted by molar-refractivity contribution is -0.137. The van der Waals surface area contributed by atoms with E-state index in [0.29, 0.717) is 0 Å². The molecular formula is C12H14F3N. The van der Waals surface area contributed by atoms with Crippen molar-refractivity contribution < 1.29 is 13.2 Å². The van der Waals surface area contributed by atoms with Crippen LogP contribution in [0.3, 0.4) is 0 Å². The summed E-state index contributed by atoms with van der Waals surface area (Å²) in [7, 11) is 0. The van der Waals surface area contributed by atoms with E-state index in [1.54, 1.807) is 6.08 Å². The van der Waals surface area contributed by atoms with Crippen LogP contribution in [0.1, 0.15) is 18.1 Å². The van der Waals surface area contributed by atoms with E-state index in [4.69, 9.17) is 0 Å². The minimum atomic E-state index is -4.26. The Bertz CT molecular complexity index is 338. The first-order chi connectivity index (χ1) is 7.54. The maximum Gasteiger partial charge on any atom is 0.416 e. The van der Waals surface area contributed by atoms with E-state index in [1.165, 1.54) is 12.1 Å². The van der Waals surface area contributed by atoms with Crippen LogP contribution in [0.15, 0.2) is 30.3 Å². The molecule has 0 aromatic heterocycles. The molecule has 0 aliphatic heterocycles. The average Bonchev–Trinajstić information content (AvgIpc) is 2.24. The Balaban J connectivity index is 2.61. The van der Waals surface area contributed by atoms with Crippen molar-refractivity contribution in [3.05, 3.63) is 41.5 Å². The van der Waals surface area contributed by atoms with Gasteiger partial charge in [0.25, 0.3) is 0 Å². The van der Waals surface area contributed by atoms with Gasteiger partial charge >= 0.3 is 6.18 Å². The monoisotopic (exact) mass is 229 g/mol. The summed E-state index contributed by atoms with van der Waals surface area (Å²) < 4.78 is 36.7. The van der Waals surface area contributed by atoms with Crippen molar-refractivity contribution in [1.29, 1.82) is 0 Å². The smallest absolute Gasteiger partial charge is 0.314 e. The molecule has 0 aliphatic carbocycles. The molecule has 0 fully saturated rings. The summed E-state index contributed by atoms with van der Waals surface area (Å²) in [6.07, 6.45) is -0.582. The predicted molar refractivity (Wildman–Crippen MR) is 59.0 cm³/mol. The first kappa shape index (κ1) is 12.8. The van der Waals surface area contributed by atoms with E-state index in [-0.39, 0.29) is 0 Å². The Kier molecular flexibility index (Phi) is 4.55. The van der Waals surface area contributed by atoms with Crippen molar-refractivity contribution in [1.82, 2.24) is 5.32 Å². The number of likely N-dealkylation sites (N-methyl/N-ethyl adjacent to an activating group) is 1. The minimum Gasteiger partial charge on any atom is -0.314 e. The van der Waals surface area contributed by atoms with E-state index >= 15 is 0 Å². The van der Waals surface area contributed by atoms with E-state index in [2.05, 4.69) is 5.32 Å². The number of halogens is 3. The molecule has 1 aromatic rings. The molecular weight excluding hydrogens is 215 g/mol. The lowest BCUT2D eigenvalue weighted by Crippen LogP contribution is -2.11. The number of hydrogen-bond donors (Lipinski definition) is 1. The zero-order valence-electron chi connectivity index (χ0n) is 9.01. The second kappa shape index (κ2) is 5.70. The maximum atomic E-state index is 12.2. The van der Waals surface area contributed by atoms with Crippen molar-refractivity contribution in [3.63, 3.8) is 0 Å². The van der Waals surface area contributed by atoms with Crippen LogP contribution in [0.25, 0.3) is 6.08 Å². The third-order valence-electron chi connectivity index (χ3n) is 2.06. The quantitative estimate of drug-likeness (QED) is 0.781. The second-order valence-electron chi connectivity index (χ2n) is 3.33. The normalized spacial score (nSPS) is 12.2.